The zero-order valence-electron chi connectivity index (χ0n) is 19.1. The van der Waals surface area contributed by atoms with Crippen molar-refractivity contribution in [1.29, 1.82) is 0 Å². The molecule has 0 saturated carbocycles. The minimum absolute atomic E-state index is 0.0106. The Morgan fingerprint density at radius 2 is 1.82 bits per heavy atom. The summed E-state index contributed by atoms with van der Waals surface area (Å²) in [5.41, 5.74) is 1.91. The van der Waals surface area contributed by atoms with Gasteiger partial charge in [-0.2, -0.15) is 0 Å². The molecule has 1 saturated heterocycles. The number of anilines is 2. The number of carbonyl (C=O) groups is 1. The van der Waals surface area contributed by atoms with Crippen molar-refractivity contribution < 1.29 is 14.3 Å². The lowest BCUT2D eigenvalue weighted by Crippen LogP contribution is -2.41. The second kappa shape index (κ2) is 10.6. The van der Waals surface area contributed by atoms with Gasteiger partial charge in [-0.05, 0) is 44.0 Å². The quantitative estimate of drug-likeness (QED) is 0.538. The summed E-state index contributed by atoms with van der Waals surface area (Å²) in [6.07, 6.45) is 5.17. The Bertz CT molecular complexity index is 1110. The van der Waals surface area contributed by atoms with Crippen LogP contribution in [-0.2, 0) is 4.79 Å². The van der Waals surface area contributed by atoms with Gasteiger partial charge in [0, 0.05) is 42.1 Å². The molecule has 1 aromatic heterocycles. The number of aromatic nitrogens is 2. The van der Waals surface area contributed by atoms with Gasteiger partial charge in [0.05, 0.1) is 20.1 Å². The molecule has 4 rings (SSSR count). The largest absolute Gasteiger partial charge is 0.493 e. The van der Waals surface area contributed by atoms with Gasteiger partial charge in [0.25, 0.3) is 0 Å². The Morgan fingerprint density at radius 3 is 2.58 bits per heavy atom. The van der Waals surface area contributed by atoms with Crippen LogP contribution in [0.3, 0.4) is 0 Å². The van der Waals surface area contributed by atoms with Crippen LogP contribution < -0.4 is 19.7 Å². The third-order valence-electron chi connectivity index (χ3n) is 5.62. The maximum atomic E-state index is 13.1. The highest BCUT2D eigenvalue weighted by Gasteiger charge is 2.28. The number of piperidine rings is 1. The van der Waals surface area contributed by atoms with Crippen molar-refractivity contribution >= 4 is 29.2 Å². The van der Waals surface area contributed by atoms with Gasteiger partial charge in [-0.3, -0.25) is 4.79 Å². The first-order chi connectivity index (χ1) is 16.1. The molecule has 33 heavy (non-hydrogen) atoms. The average Bonchev–Trinajstić information content (AvgIpc) is 2.85. The Labute approximate surface area is 198 Å². The first kappa shape index (κ1) is 22.9. The number of nitrogens with zero attached hydrogens (tertiary/aromatic N) is 3. The molecule has 1 fully saturated rings. The number of carbonyl (C=O) groups excluding carboxylic acids is 1. The molecule has 1 amide bonds. The van der Waals surface area contributed by atoms with Gasteiger partial charge < -0.3 is 19.7 Å². The molecular formula is C25H28N4O3S. The van der Waals surface area contributed by atoms with Gasteiger partial charge in [-0.15, -0.1) is 0 Å². The second-order valence-corrected chi connectivity index (χ2v) is 9.01. The van der Waals surface area contributed by atoms with E-state index in [0.717, 1.165) is 35.1 Å². The summed E-state index contributed by atoms with van der Waals surface area (Å²) in [6.45, 7) is 3.52. The molecule has 8 heteroatoms. The highest BCUT2D eigenvalue weighted by atomic mass is 32.2. The van der Waals surface area contributed by atoms with Crippen LogP contribution in [0.1, 0.15) is 18.4 Å². The molecule has 2 aromatic carbocycles. The Balaban J connectivity index is 1.46. The lowest BCUT2D eigenvalue weighted by atomic mass is 9.97. The summed E-state index contributed by atoms with van der Waals surface area (Å²) in [4.78, 5) is 25.5. The van der Waals surface area contributed by atoms with Crippen molar-refractivity contribution in [2.24, 2.45) is 5.92 Å². The average molecular weight is 465 g/mol. The van der Waals surface area contributed by atoms with E-state index >= 15 is 0 Å². The molecule has 1 aliphatic rings. The SMILES string of the molecule is COc1ccc(NC(=O)[C@@H]2CCCN(c3nccnc3Sc3ccc(C)cc3)C2)cc1OC. The topological polar surface area (TPSA) is 76.6 Å². The summed E-state index contributed by atoms with van der Waals surface area (Å²) in [7, 11) is 3.17. The minimum Gasteiger partial charge on any atom is -0.493 e. The first-order valence-electron chi connectivity index (χ1n) is 10.9. The molecule has 3 aromatic rings. The highest BCUT2D eigenvalue weighted by Crippen LogP contribution is 2.35. The molecule has 1 atom stereocenters. The minimum atomic E-state index is -0.147. The third-order valence-corrected chi connectivity index (χ3v) is 6.61. The first-order valence-corrected chi connectivity index (χ1v) is 11.7. The molecule has 0 unspecified atom stereocenters. The molecule has 0 spiro atoms. The van der Waals surface area contributed by atoms with Crippen molar-refractivity contribution in [3.8, 4) is 11.5 Å². The van der Waals surface area contributed by atoms with Crippen LogP contribution in [0.5, 0.6) is 11.5 Å². The fourth-order valence-electron chi connectivity index (χ4n) is 3.87. The molecule has 2 heterocycles. The lowest BCUT2D eigenvalue weighted by molar-refractivity contribution is -0.120. The number of methoxy groups -OCH3 is 2. The van der Waals surface area contributed by atoms with Gasteiger partial charge in [0.1, 0.15) is 5.03 Å². The maximum Gasteiger partial charge on any atom is 0.229 e. The van der Waals surface area contributed by atoms with Crippen LogP contribution >= 0.6 is 11.8 Å². The number of rotatable bonds is 7. The van der Waals surface area contributed by atoms with Crippen molar-refractivity contribution in [2.75, 3.05) is 37.5 Å². The molecule has 1 N–H and O–H groups in total. The van der Waals surface area contributed by atoms with Crippen LogP contribution in [0.25, 0.3) is 0 Å². The number of nitrogens with one attached hydrogen (secondary N) is 1. The summed E-state index contributed by atoms with van der Waals surface area (Å²) in [5.74, 6) is 1.87. The maximum absolute atomic E-state index is 13.1. The summed E-state index contributed by atoms with van der Waals surface area (Å²) in [5, 5.41) is 3.88. The van der Waals surface area contributed by atoms with E-state index in [-0.39, 0.29) is 11.8 Å². The molecule has 0 bridgehead atoms. The van der Waals surface area contributed by atoms with E-state index in [2.05, 4.69) is 51.4 Å². The fraction of sp³-hybridized carbons (Fsp3) is 0.320. The highest BCUT2D eigenvalue weighted by molar-refractivity contribution is 7.99. The van der Waals surface area contributed by atoms with Gasteiger partial charge in [0.2, 0.25) is 5.91 Å². The second-order valence-electron chi connectivity index (χ2n) is 7.94. The zero-order chi connectivity index (χ0) is 23.2. The van der Waals surface area contributed by atoms with E-state index in [0.29, 0.717) is 23.7 Å². The van der Waals surface area contributed by atoms with E-state index in [4.69, 9.17) is 9.47 Å². The predicted octanol–water partition coefficient (Wildman–Crippen LogP) is 4.81. The Hall–Kier alpha value is -3.26. The van der Waals surface area contributed by atoms with E-state index in [1.54, 1.807) is 50.5 Å². The van der Waals surface area contributed by atoms with Gasteiger partial charge >= 0.3 is 0 Å². The summed E-state index contributed by atoms with van der Waals surface area (Å²) in [6, 6.07) is 13.7. The van der Waals surface area contributed by atoms with E-state index < -0.39 is 0 Å². The third kappa shape index (κ3) is 5.57. The summed E-state index contributed by atoms with van der Waals surface area (Å²) < 4.78 is 10.6. The standard InChI is InChI=1S/C25H28N4O3S/c1-17-6-9-20(10-7-17)33-25-23(26-12-13-27-25)29-14-4-5-18(16-29)24(30)28-19-8-11-21(31-2)22(15-19)32-3/h6-13,15,18H,4-5,14,16H2,1-3H3,(H,28,30)/t18-/m1/s1. The zero-order valence-corrected chi connectivity index (χ0v) is 19.9. The van der Waals surface area contributed by atoms with E-state index in [1.165, 1.54) is 5.56 Å². The predicted molar refractivity (Wildman–Crippen MR) is 130 cm³/mol. The van der Waals surface area contributed by atoms with Crippen LogP contribution in [0.4, 0.5) is 11.5 Å². The van der Waals surface area contributed by atoms with Crippen molar-refractivity contribution in [3.05, 3.63) is 60.4 Å². The number of aryl methyl sites for hydroxylation is 1. The summed E-state index contributed by atoms with van der Waals surface area (Å²) >= 11 is 1.59. The number of hydrogen-bond acceptors (Lipinski definition) is 7. The van der Waals surface area contributed by atoms with Gasteiger partial charge in [-0.25, -0.2) is 9.97 Å². The van der Waals surface area contributed by atoms with Crippen molar-refractivity contribution in [2.45, 2.75) is 29.7 Å². The Morgan fingerprint density at radius 1 is 1.06 bits per heavy atom. The normalized spacial score (nSPS) is 15.7. The molecule has 172 valence electrons. The van der Waals surface area contributed by atoms with Crippen LogP contribution in [-0.4, -0.2) is 43.2 Å². The number of amides is 1. The van der Waals surface area contributed by atoms with Crippen molar-refractivity contribution in [1.82, 2.24) is 9.97 Å². The monoisotopic (exact) mass is 464 g/mol. The van der Waals surface area contributed by atoms with Crippen LogP contribution in [0, 0.1) is 12.8 Å². The van der Waals surface area contributed by atoms with Gasteiger partial charge in [0.15, 0.2) is 17.3 Å². The molecule has 0 radical (unpaired) electrons. The van der Waals surface area contributed by atoms with E-state index in [9.17, 15) is 4.79 Å². The molecule has 0 aliphatic carbocycles. The van der Waals surface area contributed by atoms with Crippen LogP contribution in [0.2, 0.25) is 0 Å². The van der Waals surface area contributed by atoms with E-state index in [1.807, 2.05) is 6.07 Å². The molecular weight excluding hydrogens is 436 g/mol. The molecule has 1 aliphatic heterocycles. The number of hydrogen-bond donors (Lipinski definition) is 1. The molecule has 7 nitrogen and oxygen atoms in total. The lowest BCUT2D eigenvalue weighted by Gasteiger charge is -2.33. The van der Waals surface area contributed by atoms with Gasteiger partial charge in [-0.1, -0.05) is 29.5 Å². The number of ether oxygens (including phenoxy) is 2. The fourth-order valence-corrected chi connectivity index (χ4v) is 4.75. The number of benzene rings is 2. The smallest absolute Gasteiger partial charge is 0.229 e. The van der Waals surface area contributed by atoms with Crippen LogP contribution in [0.15, 0.2) is 64.8 Å². The van der Waals surface area contributed by atoms with Crippen molar-refractivity contribution in [3.63, 3.8) is 0 Å². The Kier molecular flexibility index (Phi) is 7.34.